The Kier molecular flexibility index (Phi) is 6.25. The van der Waals surface area contributed by atoms with Crippen molar-refractivity contribution in [1.82, 2.24) is 10.2 Å². The monoisotopic (exact) mass is 254 g/mol. The highest BCUT2D eigenvalue weighted by Crippen LogP contribution is 2.16. The summed E-state index contributed by atoms with van der Waals surface area (Å²) in [5.74, 6) is -1.22. The molecule has 1 aliphatic rings. The van der Waals surface area contributed by atoms with E-state index in [4.69, 9.17) is 5.11 Å². The lowest BCUT2D eigenvalue weighted by atomic mass is 9.99. The van der Waals surface area contributed by atoms with Crippen LogP contribution >= 0.6 is 0 Å². The molecule has 5 nitrogen and oxygen atoms in total. The van der Waals surface area contributed by atoms with E-state index in [0.29, 0.717) is 26.1 Å². The topological polar surface area (TPSA) is 69.6 Å². The molecule has 2 N–H and O–H groups in total. The normalized spacial score (nSPS) is 19.3. The van der Waals surface area contributed by atoms with Gasteiger partial charge in [-0.15, -0.1) is 6.58 Å². The molecule has 0 bridgehead atoms. The summed E-state index contributed by atoms with van der Waals surface area (Å²) in [4.78, 5) is 24.3. The molecule has 0 saturated carbocycles. The summed E-state index contributed by atoms with van der Waals surface area (Å²) in [6.45, 7) is 5.26. The fourth-order valence-electron chi connectivity index (χ4n) is 2.08. The number of piperidine rings is 1. The van der Waals surface area contributed by atoms with Gasteiger partial charge in [-0.3, -0.25) is 4.79 Å². The van der Waals surface area contributed by atoms with Crippen molar-refractivity contribution >= 4 is 12.0 Å². The number of nitrogens with one attached hydrogen (secondary N) is 1. The summed E-state index contributed by atoms with van der Waals surface area (Å²) in [6, 6.07) is -0.139. The summed E-state index contributed by atoms with van der Waals surface area (Å²) in [6.07, 6.45) is 6.19. The van der Waals surface area contributed by atoms with Gasteiger partial charge in [0.15, 0.2) is 0 Å². The van der Waals surface area contributed by atoms with E-state index in [9.17, 15) is 9.59 Å². The van der Waals surface area contributed by atoms with E-state index in [1.807, 2.05) is 6.08 Å². The Morgan fingerprint density at radius 1 is 1.44 bits per heavy atom. The number of carboxylic acid groups (broad SMARTS) is 1. The average Bonchev–Trinajstić information content (AvgIpc) is 2.38. The molecule has 1 heterocycles. The van der Waals surface area contributed by atoms with Gasteiger partial charge in [0.25, 0.3) is 0 Å². The number of nitrogens with zero attached hydrogens (tertiary/aromatic N) is 1. The van der Waals surface area contributed by atoms with Crippen molar-refractivity contribution in [3.8, 4) is 0 Å². The Balaban J connectivity index is 2.24. The summed E-state index contributed by atoms with van der Waals surface area (Å²) in [5.41, 5.74) is 0. The summed E-state index contributed by atoms with van der Waals surface area (Å²) >= 11 is 0. The first kappa shape index (κ1) is 14.5. The van der Waals surface area contributed by atoms with Gasteiger partial charge in [-0.2, -0.15) is 0 Å². The lowest BCUT2D eigenvalue weighted by Gasteiger charge is -2.30. The van der Waals surface area contributed by atoms with Gasteiger partial charge in [0.05, 0.1) is 5.92 Å². The zero-order valence-electron chi connectivity index (χ0n) is 10.7. The number of urea groups is 1. The molecular formula is C13H22N2O3. The quantitative estimate of drug-likeness (QED) is 0.561. The highest BCUT2D eigenvalue weighted by Gasteiger charge is 2.27. The predicted molar refractivity (Wildman–Crippen MR) is 69.4 cm³/mol. The van der Waals surface area contributed by atoms with E-state index in [1.54, 1.807) is 4.90 Å². The van der Waals surface area contributed by atoms with Gasteiger partial charge in [-0.1, -0.05) is 6.08 Å². The molecule has 18 heavy (non-hydrogen) atoms. The largest absolute Gasteiger partial charge is 0.481 e. The summed E-state index contributed by atoms with van der Waals surface area (Å²) in [5, 5.41) is 11.8. The first-order chi connectivity index (χ1) is 8.65. The van der Waals surface area contributed by atoms with Gasteiger partial charge in [0.2, 0.25) is 0 Å². The maximum Gasteiger partial charge on any atom is 0.317 e. The Labute approximate surface area is 108 Å². The van der Waals surface area contributed by atoms with Crippen molar-refractivity contribution in [2.45, 2.75) is 32.1 Å². The van der Waals surface area contributed by atoms with Gasteiger partial charge < -0.3 is 15.3 Å². The van der Waals surface area contributed by atoms with Crippen LogP contribution in [-0.2, 0) is 4.79 Å². The lowest BCUT2D eigenvalue weighted by Crippen LogP contribution is -2.47. The van der Waals surface area contributed by atoms with Gasteiger partial charge in [-0.25, -0.2) is 4.79 Å². The molecule has 0 radical (unpaired) electrons. The number of allylic oxidation sites excluding steroid dienone is 1. The Morgan fingerprint density at radius 2 is 2.22 bits per heavy atom. The van der Waals surface area contributed by atoms with E-state index in [2.05, 4.69) is 11.9 Å². The molecular weight excluding hydrogens is 232 g/mol. The van der Waals surface area contributed by atoms with Crippen LogP contribution in [0.4, 0.5) is 4.79 Å². The van der Waals surface area contributed by atoms with Crippen LogP contribution in [0.1, 0.15) is 32.1 Å². The molecule has 102 valence electrons. The Hall–Kier alpha value is -1.52. The maximum atomic E-state index is 11.8. The molecule has 0 spiro atoms. The number of amides is 2. The number of rotatable bonds is 6. The van der Waals surface area contributed by atoms with Crippen molar-refractivity contribution in [1.29, 1.82) is 0 Å². The minimum absolute atomic E-state index is 0.139. The van der Waals surface area contributed by atoms with E-state index in [1.165, 1.54) is 0 Å². The van der Waals surface area contributed by atoms with Gasteiger partial charge in [0.1, 0.15) is 0 Å². The van der Waals surface area contributed by atoms with Crippen molar-refractivity contribution in [2.75, 3.05) is 19.6 Å². The molecule has 0 aliphatic carbocycles. The van der Waals surface area contributed by atoms with E-state index >= 15 is 0 Å². The van der Waals surface area contributed by atoms with Crippen molar-refractivity contribution in [2.24, 2.45) is 5.92 Å². The first-order valence-corrected chi connectivity index (χ1v) is 6.51. The molecule has 2 amide bonds. The molecule has 1 unspecified atom stereocenters. The highest BCUT2D eigenvalue weighted by molar-refractivity contribution is 5.76. The second kappa shape index (κ2) is 7.74. The van der Waals surface area contributed by atoms with Crippen LogP contribution in [-0.4, -0.2) is 41.6 Å². The predicted octanol–water partition coefficient (Wildman–Crippen LogP) is 1.85. The lowest BCUT2D eigenvalue weighted by molar-refractivity contribution is -0.143. The van der Waals surface area contributed by atoms with Crippen molar-refractivity contribution in [3.63, 3.8) is 0 Å². The summed E-state index contributed by atoms with van der Waals surface area (Å²) in [7, 11) is 0. The number of carboxylic acids is 1. The molecule has 1 aliphatic heterocycles. The Morgan fingerprint density at radius 3 is 2.89 bits per heavy atom. The van der Waals surface area contributed by atoms with Crippen molar-refractivity contribution < 1.29 is 14.7 Å². The SMILES string of the molecule is C=CCCCCNC(=O)N1CCCC(C(=O)O)C1. The molecule has 0 aromatic rings. The molecule has 1 atom stereocenters. The van der Waals surface area contributed by atoms with Crippen LogP contribution in [0.2, 0.25) is 0 Å². The maximum absolute atomic E-state index is 11.8. The number of aliphatic carboxylic acids is 1. The number of hydrogen-bond acceptors (Lipinski definition) is 2. The highest BCUT2D eigenvalue weighted by atomic mass is 16.4. The molecule has 5 heteroatoms. The van der Waals surface area contributed by atoms with Crippen LogP contribution in [0.5, 0.6) is 0 Å². The van der Waals surface area contributed by atoms with Crippen LogP contribution in [0.3, 0.4) is 0 Å². The fraction of sp³-hybridized carbons (Fsp3) is 0.692. The second-order valence-electron chi connectivity index (χ2n) is 4.64. The van der Waals surface area contributed by atoms with Crippen LogP contribution < -0.4 is 5.32 Å². The number of carbonyl (C=O) groups is 2. The Bertz CT molecular complexity index is 305. The van der Waals surface area contributed by atoms with Gasteiger partial charge >= 0.3 is 12.0 Å². The molecule has 0 aromatic carbocycles. The standard InChI is InChI=1S/C13H22N2O3/c1-2-3-4-5-8-14-13(18)15-9-6-7-11(10-15)12(16)17/h2,11H,1,3-10H2,(H,14,18)(H,16,17). The molecule has 0 aromatic heterocycles. The first-order valence-electron chi connectivity index (χ1n) is 6.51. The van der Waals surface area contributed by atoms with E-state index < -0.39 is 11.9 Å². The zero-order chi connectivity index (χ0) is 13.4. The third-order valence-corrected chi connectivity index (χ3v) is 3.17. The van der Waals surface area contributed by atoms with Crippen LogP contribution in [0.15, 0.2) is 12.7 Å². The number of carbonyl (C=O) groups excluding carboxylic acids is 1. The van der Waals surface area contributed by atoms with E-state index in [-0.39, 0.29) is 6.03 Å². The molecule has 1 fully saturated rings. The second-order valence-corrected chi connectivity index (χ2v) is 4.64. The van der Waals surface area contributed by atoms with Crippen LogP contribution in [0.25, 0.3) is 0 Å². The third-order valence-electron chi connectivity index (χ3n) is 3.17. The molecule has 1 rings (SSSR count). The smallest absolute Gasteiger partial charge is 0.317 e. The zero-order valence-corrected chi connectivity index (χ0v) is 10.7. The average molecular weight is 254 g/mol. The van der Waals surface area contributed by atoms with Gasteiger partial charge in [0, 0.05) is 19.6 Å². The van der Waals surface area contributed by atoms with Crippen molar-refractivity contribution in [3.05, 3.63) is 12.7 Å². The number of unbranched alkanes of at least 4 members (excludes halogenated alkanes) is 2. The molecule has 1 saturated heterocycles. The van der Waals surface area contributed by atoms with E-state index in [0.717, 1.165) is 25.7 Å². The van der Waals surface area contributed by atoms with Crippen LogP contribution in [0, 0.1) is 5.92 Å². The minimum Gasteiger partial charge on any atom is -0.481 e. The number of likely N-dealkylation sites (tertiary alicyclic amines) is 1. The fourth-order valence-corrected chi connectivity index (χ4v) is 2.08. The van der Waals surface area contributed by atoms with Gasteiger partial charge in [-0.05, 0) is 32.1 Å². The number of hydrogen-bond donors (Lipinski definition) is 2. The third kappa shape index (κ3) is 4.77. The minimum atomic E-state index is -0.807. The summed E-state index contributed by atoms with van der Waals surface area (Å²) < 4.78 is 0.